The third-order valence-electron chi connectivity index (χ3n) is 3.62. The Bertz CT molecular complexity index is 720. The number of hydrogen-bond acceptors (Lipinski definition) is 2. The number of benzene rings is 2. The molecule has 0 aliphatic heterocycles. The Morgan fingerprint density at radius 3 is 2.56 bits per heavy atom. The lowest BCUT2D eigenvalue weighted by Gasteiger charge is -2.12. The monoisotopic (exact) mass is 347 g/mol. The lowest BCUT2D eigenvalue weighted by atomic mass is 10.1. The van der Waals surface area contributed by atoms with Crippen LogP contribution in [0, 0.1) is 11.6 Å². The van der Waals surface area contributed by atoms with Crippen LogP contribution in [0.3, 0.4) is 0 Å². The second kappa shape index (κ2) is 9.61. The zero-order valence-corrected chi connectivity index (χ0v) is 14.5. The summed E-state index contributed by atoms with van der Waals surface area (Å²) in [6.07, 6.45) is 0.550. The van der Waals surface area contributed by atoms with Crippen LogP contribution in [0.15, 0.2) is 47.5 Å². The van der Waals surface area contributed by atoms with Crippen LogP contribution < -0.4 is 15.4 Å². The van der Waals surface area contributed by atoms with Crippen LogP contribution in [0.25, 0.3) is 0 Å². The van der Waals surface area contributed by atoms with E-state index in [0.29, 0.717) is 37.6 Å². The van der Waals surface area contributed by atoms with Crippen molar-refractivity contribution in [3.05, 3.63) is 65.2 Å². The van der Waals surface area contributed by atoms with Gasteiger partial charge in [-0.05, 0) is 42.7 Å². The first kappa shape index (κ1) is 18.7. The Balaban J connectivity index is 1.93. The highest BCUT2D eigenvalue weighted by Crippen LogP contribution is 2.18. The molecular weight excluding hydrogens is 324 g/mol. The lowest BCUT2D eigenvalue weighted by molar-refractivity contribution is 0.386. The van der Waals surface area contributed by atoms with Gasteiger partial charge in [0, 0.05) is 13.1 Å². The van der Waals surface area contributed by atoms with Crippen LogP contribution >= 0.6 is 0 Å². The average molecular weight is 347 g/mol. The minimum absolute atomic E-state index is 0.208. The molecule has 0 aromatic heterocycles. The summed E-state index contributed by atoms with van der Waals surface area (Å²) < 4.78 is 32.2. The summed E-state index contributed by atoms with van der Waals surface area (Å²) in [7, 11) is 1.43. The van der Waals surface area contributed by atoms with Crippen molar-refractivity contribution in [2.75, 3.05) is 20.2 Å². The minimum Gasteiger partial charge on any atom is -0.494 e. The van der Waals surface area contributed by atoms with Crippen LogP contribution in [-0.2, 0) is 13.0 Å². The van der Waals surface area contributed by atoms with Crippen LogP contribution in [0.5, 0.6) is 5.75 Å². The highest BCUT2D eigenvalue weighted by Gasteiger charge is 2.04. The van der Waals surface area contributed by atoms with E-state index in [2.05, 4.69) is 15.6 Å². The van der Waals surface area contributed by atoms with Crippen molar-refractivity contribution in [3.8, 4) is 5.75 Å². The van der Waals surface area contributed by atoms with Crippen molar-refractivity contribution >= 4 is 5.96 Å². The average Bonchev–Trinajstić information content (AvgIpc) is 2.61. The molecule has 0 aliphatic rings. The third kappa shape index (κ3) is 5.74. The fraction of sp³-hybridized carbons (Fsp3) is 0.316. The van der Waals surface area contributed by atoms with E-state index in [0.717, 1.165) is 5.56 Å². The topological polar surface area (TPSA) is 45.7 Å². The molecule has 0 fully saturated rings. The number of nitrogens with zero attached hydrogens (tertiary/aromatic N) is 1. The largest absolute Gasteiger partial charge is 0.494 e. The third-order valence-corrected chi connectivity index (χ3v) is 3.62. The van der Waals surface area contributed by atoms with Gasteiger partial charge in [-0.2, -0.15) is 0 Å². The van der Waals surface area contributed by atoms with Crippen molar-refractivity contribution in [1.82, 2.24) is 10.6 Å². The molecule has 0 heterocycles. The molecule has 0 unspecified atom stereocenters. The molecule has 25 heavy (non-hydrogen) atoms. The second-order valence-corrected chi connectivity index (χ2v) is 5.43. The van der Waals surface area contributed by atoms with Crippen molar-refractivity contribution in [2.45, 2.75) is 19.9 Å². The maximum atomic E-state index is 13.7. The minimum atomic E-state index is -0.410. The van der Waals surface area contributed by atoms with E-state index in [1.54, 1.807) is 24.3 Å². The first-order valence-electron chi connectivity index (χ1n) is 8.22. The van der Waals surface area contributed by atoms with Crippen LogP contribution in [0.4, 0.5) is 8.78 Å². The lowest BCUT2D eigenvalue weighted by Crippen LogP contribution is -2.38. The van der Waals surface area contributed by atoms with E-state index < -0.39 is 5.82 Å². The molecule has 2 N–H and O–H groups in total. The van der Waals surface area contributed by atoms with Crippen molar-refractivity contribution in [3.63, 3.8) is 0 Å². The van der Waals surface area contributed by atoms with Crippen molar-refractivity contribution < 1.29 is 13.5 Å². The number of methoxy groups -OCH3 is 1. The van der Waals surface area contributed by atoms with Crippen LogP contribution in [-0.4, -0.2) is 26.2 Å². The number of ether oxygens (including phenoxy) is 1. The molecule has 0 saturated carbocycles. The summed E-state index contributed by atoms with van der Waals surface area (Å²) in [5, 5.41) is 6.28. The molecule has 0 bridgehead atoms. The molecule has 6 heteroatoms. The predicted octanol–water partition coefficient (Wildman–Crippen LogP) is 3.27. The molecule has 2 rings (SSSR count). The summed E-state index contributed by atoms with van der Waals surface area (Å²) in [6, 6.07) is 11.5. The summed E-state index contributed by atoms with van der Waals surface area (Å²) in [4.78, 5) is 4.43. The Hall–Kier alpha value is -2.63. The summed E-state index contributed by atoms with van der Waals surface area (Å²) in [6.45, 7) is 3.53. The maximum Gasteiger partial charge on any atom is 0.191 e. The number of halogens is 2. The molecule has 0 amide bonds. The van der Waals surface area contributed by atoms with Crippen molar-refractivity contribution in [1.29, 1.82) is 0 Å². The van der Waals surface area contributed by atoms with E-state index >= 15 is 0 Å². The van der Waals surface area contributed by atoms with Gasteiger partial charge < -0.3 is 15.4 Å². The Morgan fingerprint density at radius 2 is 1.88 bits per heavy atom. The van der Waals surface area contributed by atoms with Gasteiger partial charge in [0.1, 0.15) is 5.82 Å². The predicted molar refractivity (Wildman–Crippen MR) is 95.9 cm³/mol. The molecule has 134 valence electrons. The standard InChI is InChI=1S/C19H23F2N3O/c1-3-22-19(23-11-10-15-6-4-5-7-16(15)20)24-13-14-8-9-18(25-2)17(21)12-14/h4-9,12H,3,10-11,13H2,1-2H3,(H2,22,23,24). The number of guanidine groups is 1. The van der Waals surface area contributed by atoms with Gasteiger partial charge in [-0.15, -0.1) is 0 Å². The molecule has 2 aromatic rings. The molecule has 2 aromatic carbocycles. The second-order valence-electron chi connectivity index (χ2n) is 5.43. The van der Waals surface area contributed by atoms with Gasteiger partial charge in [-0.3, -0.25) is 0 Å². The van der Waals surface area contributed by atoms with E-state index in [-0.39, 0.29) is 11.6 Å². The van der Waals surface area contributed by atoms with Crippen molar-refractivity contribution in [2.24, 2.45) is 4.99 Å². The molecule has 4 nitrogen and oxygen atoms in total. The van der Waals surface area contributed by atoms with Crippen LogP contribution in [0.1, 0.15) is 18.1 Å². The van der Waals surface area contributed by atoms with E-state index in [4.69, 9.17) is 4.74 Å². The highest BCUT2D eigenvalue weighted by atomic mass is 19.1. The smallest absolute Gasteiger partial charge is 0.191 e. The summed E-state index contributed by atoms with van der Waals surface area (Å²) >= 11 is 0. The van der Waals surface area contributed by atoms with Gasteiger partial charge in [-0.25, -0.2) is 13.8 Å². The maximum absolute atomic E-state index is 13.7. The molecule has 0 atom stereocenters. The zero-order valence-electron chi connectivity index (χ0n) is 14.5. The molecule has 0 spiro atoms. The SMILES string of the molecule is CCNC(=NCc1ccc(OC)c(F)c1)NCCc1ccccc1F. The fourth-order valence-corrected chi connectivity index (χ4v) is 2.34. The van der Waals surface area contributed by atoms with E-state index in [1.807, 2.05) is 13.0 Å². The van der Waals surface area contributed by atoms with Crippen LogP contribution in [0.2, 0.25) is 0 Å². The van der Waals surface area contributed by atoms with Gasteiger partial charge in [0.15, 0.2) is 17.5 Å². The molecule has 0 aliphatic carbocycles. The molecule has 0 radical (unpaired) electrons. The van der Waals surface area contributed by atoms with Gasteiger partial charge in [0.25, 0.3) is 0 Å². The Morgan fingerprint density at radius 1 is 1.08 bits per heavy atom. The fourth-order valence-electron chi connectivity index (χ4n) is 2.34. The first-order valence-corrected chi connectivity index (χ1v) is 8.22. The number of hydrogen-bond donors (Lipinski definition) is 2. The number of nitrogens with one attached hydrogen (secondary N) is 2. The normalized spacial score (nSPS) is 11.3. The van der Waals surface area contributed by atoms with Gasteiger partial charge >= 0.3 is 0 Å². The molecular formula is C19H23F2N3O. The summed E-state index contributed by atoms with van der Waals surface area (Å²) in [5.74, 6) is 0.199. The summed E-state index contributed by atoms with van der Waals surface area (Å²) in [5.41, 5.74) is 1.40. The number of rotatable bonds is 7. The van der Waals surface area contributed by atoms with Gasteiger partial charge in [0.05, 0.1) is 13.7 Å². The Labute approximate surface area is 146 Å². The first-order chi connectivity index (χ1) is 12.1. The quantitative estimate of drug-likeness (QED) is 0.597. The van der Waals surface area contributed by atoms with E-state index in [9.17, 15) is 8.78 Å². The van der Waals surface area contributed by atoms with Gasteiger partial charge in [0.2, 0.25) is 0 Å². The number of aliphatic imine (C=N–C) groups is 1. The van der Waals surface area contributed by atoms with Gasteiger partial charge in [-0.1, -0.05) is 24.3 Å². The Kier molecular flexibility index (Phi) is 7.19. The van der Waals surface area contributed by atoms with E-state index in [1.165, 1.54) is 19.2 Å². The zero-order chi connectivity index (χ0) is 18.1. The highest BCUT2D eigenvalue weighted by molar-refractivity contribution is 5.79. The molecule has 0 saturated heterocycles.